The molecule has 12 heteroatoms. The zero-order valence-electron chi connectivity index (χ0n) is 23.5. The average molecular weight is 554 g/mol. The highest BCUT2D eigenvalue weighted by Crippen LogP contribution is 2.42. The molecule has 11 nitrogen and oxygen atoms in total. The monoisotopic (exact) mass is 553 g/mol. The van der Waals surface area contributed by atoms with Gasteiger partial charge < -0.3 is 30.2 Å². The number of fused-ring (bicyclic) bond motifs is 1. The van der Waals surface area contributed by atoms with E-state index in [0.717, 1.165) is 11.3 Å². The summed E-state index contributed by atoms with van der Waals surface area (Å²) in [5.41, 5.74) is -0.905. The Kier molecular flexibility index (Phi) is 10.1. The third-order valence-corrected chi connectivity index (χ3v) is 6.43. The number of nitrogens with one attached hydrogen (secondary N) is 3. The number of anilines is 1. The van der Waals surface area contributed by atoms with Crippen LogP contribution in [0.2, 0.25) is 0 Å². The van der Waals surface area contributed by atoms with E-state index in [1.807, 2.05) is 13.8 Å². The molecule has 0 radical (unpaired) electrons. The number of amides is 3. The van der Waals surface area contributed by atoms with Gasteiger partial charge in [-0.3, -0.25) is 14.4 Å². The molecule has 2 rings (SSSR count). The molecule has 0 saturated heterocycles. The van der Waals surface area contributed by atoms with Gasteiger partial charge in [-0.2, -0.15) is 0 Å². The maximum absolute atomic E-state index is 13.2. The predicted molar refractivity (Wildman–Crippen MR) is 142 cm³/mol. The standard InChI is InChI=1S/C26H39N3O8S/c1-13(2)18(28-14(3)30)20(31)27-12-16-19-15(10-11-35-16)17(23(33)36-25(4,5)6)22(38-19)29-21(32)24(34)37-26(7,8)9/h13,16,18H,10-12H2,1-9H3,(H,27,31)(H,28,30)(H,29,32). The number of ether oxygens (including phenoxy) is 3. The Morgan fingerprint density at radius 1 is 1.03 bits per heavy atom. The van der Waals surface area contributed by atoms with Crippen molar-refractivity contribution in [3.8, 4) is 0 Å². The highest BCUT2D eigenvalue weighted by Gasteiger charge is 2.35. The van der Waals surface area contributed by atoms with Gasteiger partial charge in [-0.25, -0.2) is 9.59 Å². The molecular formula is C26H39N3O8S. The van der Waals surface area contributed by atoms with Gasteiger partial charge >= 0.3 is 17.8 Å². The van der Waals surface area contributed by atoms with E-state index in [1.54, 1.807) is 41.5 Å². The van der Waals surface area contributed by atoms with Crippen molar-refractivity contribution in [1.82, 2.24) is 10.6 Å². The molecule has 0 saturated carbocycles. The van der Waals surface area contributed by atoms with E-state index < -0.39 is 41.2 Å². The molecule has 1 aliphatic rings. The first kappa shape index (κ1) is 31.2. The largest absolute Gasteiger partial charge is 0.456 e. The number of carbonyl (C=O) groups excluding carboxylic acids is 5. The zero-order valence-corrected chi connectivity index (χ0v) is 24.3. The molecule has 0 aliphatic carbocycles. The van der Waals surface area contributed by atoms with E-state index in [-0.39, 0.29) is 41.4 Å². The molecule has 3 amide bonds. The fourth-order valence-electron chi connectivity index (χ4n) is 3.69. The smallest absolute Gasteiger partial charge is 0.397 e. The minimum Gasteiger partial charge on any atom is -0.456 e. The molecule has 0 aromatic carbocycles. The number of hydrogen-bond donors (Lipinski definition) is 3. The lowest BCUT2D eigenvalue weighted by atomic mass is 10.0. The Labute approximate surface area is 227 Å². The second-order valence-corrected chi connectivity index (χ2v) is 12.4. The molecule has 1 aromatic heterocycles. The Bertz CT molecular complexity index is 1080. The zero-order chi connectivity index (χ0) is 29.0. The summed E-state index contributed by atoms with van der Waals surface area (Å²) in [6.45, 7) is 15.4. The average Bonchev–Trinajstić information content (AvgIpc) is 3.11. The van der Waals surface area contributed by atoms with Crippen LogP contribution in [0.3, 0.4) is 0 Å². The van der Waals surface area contributed by atoms with E-state index in [4.69, 9.17) is 14.2 Å². The van der Waals surface area contributed by atoms with Crippen LogP contribution < -0.4 is 16.0 Å². The van der Waals surface area contributed by atoms with Gasteiger partial charge in [-0.1, -0.05) is 13.8 Å². The number of rotatable bonds is 7. The van der Waals surface area contributed by atoms with Crippen molar-refractivity contribution in [2.45, 2.75) is 92.1 Å². The van der Waals surface area contributed by atoms with Gasteiger partial charge in [0.2, 0.25) is 11.8 Å². The Morgan fingerprint density at radius 3 is 2.16 bits per heavy atom. The number of esters is 2. The number of hydrogen-bond acceptors (Lipinski definition) is 9. The van der Waals surface area contributed by atoms with Crippen molar-refractivity contribution >= 4 is 46.0 Å². The van der Waals surface area contributed by atoms with Crippen molar-refractivity contribution in [1.29, 1.82) is 0 Å². The fourth-order valence-corrected chi connectivity index (χ4v) is 4.97. The minimum atomic E-state index is -1.09. The predicted octanol–water partition coefficient (Wildman–Crippen LogP) is 2.87. The quantitative estimate of drug-likeness (QED) is 0.345. The molecule has 3 N–H and O–H groups in total. The van der Waals surface area contributed by atoms with Crippen LogP contribution in [0.25, 0.3) is 0 Å². The van der Waals surface area contributed by atoms with Gasteiger partial charge in [0.1, 0.15) is 28.3 Å². The van der Waals surface area contributed by atoms with E-state index in [2.05, 4.69) is 16.0 Å². The first-order valence-corrected chi connectivity index (χ1v) is 13.3. The highest BCUT2D eigenvalue weighted by atomic mass is 32.1. The second-order valence-electron chi connectivity index (χ2n) is 11.4. The third-order valence-electron chi connectivity index (χ3n) is 5.19. The maximum atomic E-state index is 13.2. The van der Waals surface area contributed by atoms with Crippen molar-refractivity contribution in [2.24, 2.45) is 5.92 Å². The fraction of sp³-hybridized carbons (Fsp3) is 0.654. The lowest BCUT2D eigenvalue weighted by Crippen LogP contribution is -2.50. The van der Waals surface area contributed by atoms with Crippen LogP contribution in [0, 0.1) is 5.92 Å². The van der Waals surface area contributed by atoms with Gasteiger partial charge in [0.25, 0.3) is 0 Å². The van der Waals surface area contributed by atoms with Crippen molar-refractivity contribution < 1.29 is 38.2 Å². The van der Waals surface area contributed by atoms with Gasteiger partial charge in [-0.15, -0.1) is 11.3 Å². The van der Waals surface area contributed by atoms with Gasteiger partial charge in [0.15, 0.2) is 0 Å². The lowest BCUT2D eigenvalue weighted by molar-refractivity contribution is -0.161. The van der Waals surface area contributed by atoms with Crippen LogP contribution in [0.4, 0.5) is 5.00 Å². The molecule has 212 valence electrons. The van der Waals surface area contributed by atoms with Crippen LogP contribution in [-0.4, -0.2) is 60.1 Å². The van der Waals surface area contributed by atoms with Crippen molar-refractivity contribution in [3.05, 3.63) is 16.0 Å². The summed E-state index contributed by atoms with van der Waals surface area (Å²) in [5, 5.41) is 8.10. The molecule has 1 aromatic rings. The normalized spacial score (nSPS) is 16.2. The SMILES string of the molecule is CC(=O)NC(C(=O)NCC1OCCc2c1sc(NC(=O)C(=O)OC(C)(C)C)c2C(=O)OC(C)(C)C)C(C)C. The molecule has 0 bridgehead atoms. The summed E-state index contributed by atoms with van der Waals surface area (Å²) < 4.78 is 16.6. The summed E-state index contributed by atoms with van der Waals surface area (Å²) in [5.74, 6) is -3.59. The van der Waals surface area contributed by atoms with E-state index >= 15 is 0 Å². The highest BCUT2D eigenvalue weighted by molar-refractivity contribution is 7.17. The van der Waals surface area contributed by atoms with Crippen LogP contribution in [0.5, 0.6) is 0 Å². The first-order chi connectivity index (χ1) is 17.4. The number of thiophene rings is 1. The van der Waals surface area contributed by atoms with Crippen LogP contribution in [0.1, 0.15) is 89.2 Å². The maximum Gasteiger partial charge on any atom is 0.397 e. The molecule has 0 spiro atoms. The van der Waals surface area contributed by atoms with Crippen LogP contribution in [-0.2, 0) is 39.8 Å². The van der Waals surface area contributed by atoms with Crippen molar-refractivity contribution in [2.75, 3.05) is 18.5 Å². The Morgan fingerprint density at radius 2 is 1.63 bits per heavy atom. The summed E-state index contributed by atoms with van der Waals surface area (Å²) in [6, 6.07) is -0.722. The van der Waals surface area contributed by atoms with E-state index in [1.165, 1.54) is 6.92 Å². The topological polar surface area (TPSA) is 149 Å². The molecular weight excluding hydrogens is 514 g/mol. The van der Waals surface area contributed by atoms with Crippen LogP contribution in [0.15, 0.2) is 0 Å². The summed E-state index contributed by atoms with van der Waals surface area (Å²) in [4.78, 5) is 63.1. The molecule has 2 heterocycles. The van der Waals surface area contributed by atoms with Gasteiger partial charge in [0.05, 0.1) is 12.2 Å². The Hall–Kier alpha value is -2.99. The first-order valence-electron chi connectivity index (χ1n) is 12.5. The molecule has 0 fully saturated rings. The van der Waals surface area contributed by atoms with Gasteiger partial charge in [0, 0.05) is 18.3 Å². The van der Waals surface area contributed by atoms with E-state index in [9.17, 15) is 24.0 Å². The summed E-state index contributed by atoms with van der Waals surface area (Å²) in [7, 11) is 0. The second kappa shape index (κ2) is 12.2. The minimum absolute atomic E-state index is 0.0718. The molecule has 2 atom stereocenters. The molecule has 1 aliphatic heterocycles. The lowest BCUT2D eigenvalue weighted by Gasteiger charge is -2.26. The Balaban J connectivity index is 2.37. The van der Waals surface area contributed by atoms with Crippen LogP contribution >= 0.6 is 11.3 Å². The van der Waals surface area contributed by atoms with E-state index in [0.29, 0.717) is 16.9 Å². The van der Waals surface area contributed by atoms with Crippen molar-refractivity contribution in [3.63, 3.8) is 0 Å². The summed E-state index contributed by atoms with van der Waals surface area (Å²) >= 11 is 1.08. The summed E-state index contributed by atoms with van der Waals surface area (Å²) in [6.07, 6.45) is -0.251. The number of carbonyl (C=O) groups is 5. The molecule has 38 heavy (non-hydrogen) atoms. The third kappa shape index (κ3) is 8.80. The van der Waals surface area contributed by atoms with Gasteiger partial charge in [-0.05, 0) is 59.4 Å². The molecule has 2 unspecified atom stereocenters.